The summed E-state index contributed by atoms with van der Waals surface area (Å²) in [6.45, 7) is 1.39. The quantitative estimate of drug-likeness (QED) is 0.841. The van der Waals surface area contributed by atoms with E-state index >= 15 is 0 Å². The van der Waals surface area contributed by atoms with E-state index < -0.39 is 0 Å². The van der Waals surface area contributed by atoms with E-state index in [0.717, 1.165) is 6.54 Å². The van der Waals surface area contributed by atoms with Crippen molar-refractivity contribution < 1.29 is 9.13 Å². The fourth-order valence-corrected chi connectivity index (χ4v) is 2.62. The van der Waals surface area contributed by atoms with Gasteiger partial charge in [-0.2, -0.15) is 0 Å². The van der Waals surface area contributed by atoms with Crippen molar-refractivity contribution in [3.05, 3.63) is 28.5 Å². The molecule has 0 heterocycles. The summed E-state index contributed by atoms with van der Waals surface area (Å²) in [6, 6.07) is 5.25. The van der Waals surface area contributed by atoms with E-state index in [-0.39, 0.29) is 5.82 Å². The van der Waals surface area contributed by atoms with E-state index in [9.17, 15) is 4.39 Å². The van der Waals surface area contributed by atoms with Crippen LogP contribution in [0.5, 0.6) is 5.75 Å². The number of nitrogens with one attached hydrogen (secondary N) is 1. The third-order valence-electron chi connectivity index (χ3n) is 3.00. The Labute approximate surface area is 110 Å². The van der Waals surface area contributed by atoms with Gasteiger partial charge in [-0.1, -0.05) is 28.8 Å². The van der Waals surface area contributed by atoms with Gasteiger partial charge in [0, 0.05) is 23.1 Å². The van der Waals surface area contributed by atoms with Gasteiger partial charge in [0.2, 0.25) is 0 Å². The summed E-state index contributed by atoms with van der Waals surface area (Å²) in [6.07, 6.45) is 5.20. The molecule has 0 unspecified atom stereocenters. The van der Waals surface area contributed by atoms with E-state index in [1.54, 1.807) is 6.07 Å². The molecule has 1 aromatic rings. The van der Waals surface area contributed by atoms with Crippen LogP contribution >= 0.6 is 15.9 Å². The third-order valence-corrected chi connectivity index (χ3v) is 3.45. The molecule has 0 aliphatic heterocycles. The van der Waals surface area contributed by atoms with Crippen LogP contribution in [0, 0.1) is 5.82 Å². The first-order valence-corrected chi connectivity index (χ1v) is 6.85. The van der Waals surface area contributed by atoms with Crippen LogP contribution in [0.4, 0.5) is 4.39 Å². The van der Waals surface area contributed by atoms with Crippen LogP contribution in [0.15, 0.2) is 22.7 Å². The van der Waals surface area contributed by atoms with Gasteiger partial charge in [0.1, 0.15) is 18.2 Å². The monoisotopic (exact) mass is 301 g/mol. The second-order valence-electron chi connectivity index (χ2n) is 4.39. The van der Waals surface area contributed by atoms with E-state index in [4.69, 9.17) is 4.74 Å². The van der Waals surface area contributed by atoms with Gasteiger partial charge in [-0.05, 0) is 25.0 Å². The van der Waals surface area contributed by atoms with Crippen LogP contribution in [-0.4, -0.2) is 19.2 Å². The minimum atomic E-state index is -0.280. The Hall–Kier alpha value is -0.610. The van der Waals surface area contributed by atoms with Crippen molar-refractivity contribution in [3.63, 3.8) is 0 Å². The number of rotatable bonds is 5. The zero-order valence-corrected chi connectivity index (χ0v) is 11.3. The lowest BCUT2D eigenvalue weighted by molar-refractivity contribution is 0.303. The first-order chi connectivity index (χ1) is 8.24. The smallest absolute Gasteiger partial charge is 0.128 e. The minimum Gasteiger partial charge on any atom is -0.492 e. The molecule has 1 saturated carbocycles. The first-order valence-electron chi connectivity index (χ1n) is 6.06. The van der Waals surface area contributed by atoms with E-state index in [2.05, 4.69) is 21.2 Å². The zero-order chi connectivity index (χ0) is 12.1. The molecule has 0 aromatic heterocycles. The highest BCUT2D eigenvalue weighted by molar-refractivity contribution is 9.10. The average molecular weight is 302 g/mol. The molecule has 0 bridgehead atoms. The summed E-state index contributed by atoms with van der Waals surface area (Å²) in [5, 5.41) is 3.45. The Balaban J connectivity index is 1.70. The summed E-state index contributed by atoms with van der Waals surface area (Å²) >= 11 is 3.24. The van der Waals surface area contributed by atoms with Gasteiger partial charge in [-0.3, -0.25) is 0 Å². The fraction of sp³-hybridized carbons (Fsp3) is 0.538. The molecule has 2 rings (SSSR count). The molecule has 2 nitrogen and oxygen atoms in total. The van der Waals surface area contributed by atoms with Gasteiger partial charge in [0.15, 0.2) is 0 Å². The topological polar surface area (TPSA) is 21.3 Å². The molecule has 0 atom stereocenters. The standard InChI is InChI=1S/C13H17BrFNO/c14-10-7-11(15)9-13(8-10)17-6-5-16-12-3-1-2-4-12/h7-9,12,16H,1-6H2. The Morgan fingerprint density at radius 1 is 1.29 bits per heavy atom. The lowest BCUT2D eigenvalue weighted by Gasteiger charge is -2.12. The maximum atomic E-state index is 13.1. The van der Waals surface area contributed by atoms with E-state index in [1.807, 2.05) is 0 Å². The van der Waals surface area contributed by atoms with Crippen molar-refractivity contribution in [2.45, 2.75) is 31.7 Å². The maximum absolute atomic E-state index is 13.1. The van der Waals surface area contributed by atoms with Crippen LogP contribution < -0.4 is 10.1 Å². The summed E-state index contributed by atoms with van der Waals surface area (Å²) < 4.78 is 19.3. The number of halogens is 2. The minimum absolute atomic E-state index is 0.280. The van der Waals surface area contributed by atoms with Crippen molar-refractivity contribution in [3.8, 4) is 5.75 Å². The van der Waals surface area contributed by atoms with Gasteiger partial charge in [-0.15, -0.1) is 0 Å². The predicted octanol–water partition coefficient (Wildman–Crippen LogP) is 3.50. The first kappa shape index (κ1) is 12.8. The van der Waals surface area contributed by atoms with Crippen LogP contribution in [0.1, 0.15) is 25.7 Å². The molecular weight excluding hydrogens is 285 g/mol. The number of ether oxygens (including phenoxy) is 1. The maximum Gasteiger partial charge on any atom is 0.128 e. The number of benzene rings is 1. The van der Waals surface area contributed by atoms with Crippen LogP contribution in [-0.2, 0) is 0 Å². The Kier molecular flexibility index (Phi) is 4.80. The summed E-state index contributed by atoms with van der Waals surface area (Å²) in [5.41, 5.74) is 0. The van der Waals surface area contributed by atoms with Crippen LogP contribution in [0.25, 0.3) is 0 Å². The molecule has 17 heavy (non-hydrogen) atoms. The highest BCUT2D eigenvalue weighted by Crippen LogP contribution is 2.20. The molecule has 0 spiro atoms. The number of hydrogen-bond donors (Lipinski definition) is 1. The third kappa shape index (κ3) is 4.28. The summed E-state index contributed by atoms with van der Waals surface area (Å²) in [7, 11) is 0. The van der Waals surface area contributed by atoms with Crippen LogP contribution in [0.2, 0.25) is 0 Å². The molecular formula is C13H17BrFNO. The van der Waals surface area contributed by atoms with Gasteiger partial charge in [0.05, 0.1) is 0 Å². The molecule has 1 aliphatic carbocycles. The molecule has 0 radical (unpaired) electrons. The zero-order valence-electron chi connectivity index (χ0n) is 9.72. The van der Waals surface area contributed by atoms with Gasteiger partial charge in [0.25, 0.3) is 0 Å². The van der Waals surface area contributed by atoms with Gasteiger partial charge in [-0.25, -0.2) is 4.39 Å². The molecule has 0 saturated heterocycles. The lowest BCUT2D eigenvalue weighted by atomic mass is 10.2. The highest BCUT2D eigenvalue weighted by atomic mass is 79.9. The van der Waals surface area contributed by atoms with Crippen molar-refractivity contribution in [1.82, 2.24) is 5.32 Å². The van der Waals surface area contributed by atoms with Crippen molar-refractivity contribution in [2.75, 3.05) is 13.2 Å². The molecule has 0 amide bonds. The fourth-order valence-electron chi connectivity index (χ4n) is 2.17. The van der Waals surface area contributed by atoms with Gasteiger partial charge >= 0.3 is 0 Å². The summed E-state index contributed by atoms with van der Waals surface area (Å²) in [4.78, 5) is 0. The second kappa shape index (κ2) is 6.36. The van der Waals surface area contributed by atoms with Crippen molar-refractivity contribution >= 4 is 15.9 Å². The molecule has 1 aliphatic rings. The lowest BCUT2D eigenvalue weighted by Crippen LogP contribution is -2.30. The normalized spacial score (nSPS) is 16.4. The van der Waals surface area contributed by atoms with E-state index in [0.29, 0.717) is 22.9 Å². The molecule has 94 valence electrons. The van der Waals surface area contributed by atoms with Crippen LogP contribution in [0.3, 0.4) is 0 Å². The molecule has 1 N–H and O–H groups in total. The van der Waals surface area contributed by atoms with Crippen molar-refractivity contribution in [1.29, 1.82) is 0 Å². The Morgan fingerprint density at radius 2 is 2.06 bits per heavy atom. The van der Waals surface area contributed by atoms with E-state index in [1.165, 1.54) is 37.8 Å². The molecule has 1 aromatic carbocycles. The Bertz CT molecular complexity index is 346. The summed E-state index contributed by atoms with van der Waals surface area (Å²) in [5.74, 6) is 0.295. The molecule has 4 heteroatoms. The number of hydrogen-bond acceptors (Lipinski definition) is 2. The molecule has 1 fully saturated rings. The van der Waals surface area contributed by atoms with Crippen molar-refractivity contribution in [2.24, 2.45) is 0 Å². The highest BCUT2D eigenvalue weighted by Gasteiger charge is 2.13. The largest absolute Gasteiger partial charge is 0.492 e. The van der Waals surface area contributed by atoms with Gasteiger partial charge < -0.3 is 10.1 Å². The SMILES string of the molecule is Fc1cc(Br)cc(OCCNC2CCCC2)c1. The second-order valence-corrected chi connectivity index (χ2v) is 5.30. The predicted molar refractivity (Wildman–Crippen MR) is 69.9 cm³/mol. The average Bonchev–Trinajstić information content (AvgIpc) is 2.76. The Morgan fingerprint density at radius 3 is 2.76 bits per heavy atom.